The zero-order valence-electron chi connectivity index (χ0n) is 9.63. The molecule has 1 atom stereocenters. The van der Waals surface area contributed by atoms with Crippen LogP contribution in [0.5, 0.6) is 0 Å². The van der Waals surface area contributed by atoms with E-state index in [1.807, 2.05) is 0 Å². The van der Waals surface area contributed by atoms with Gasteiger partial charge in [0.2, 0.25) is 0 Å². The average Bonchev–Trinajstić information content (AvgIpc) is 2.85. The molecule has 6 nitrogen and oxygen atoms in total. The Bertz CT molecular complexity index is 473. The number of hydrogen-bond acceptors (Lipinski definition) is 5. The highest BCUT2D eigenvalue weighted by atomic mass is 32.1. The van der Waals surface area contributed by atoms with Gasteiger partial charge in [-0.25, -0.2) is 0 Å². The fraction of sp³-hybridized carbons (Fsp3) is 0.600. The van der Waals surface area contributed by atoms with Crippen molar-refractivity contribution in [2.24, 2.45) is 5.41 Å². The first-order chi connectivity index (χ1) is 7.94. The molecule has 0 aliphatic carbocycles. The van der Waals surface area contributed by atoms with Gasteiger partial charge in [0.1, 0.15) is 4.88 Å². The van der Waals surface area contributed by atoms with E-state index in [4.69, 9.17) is 5.11 Å². The molecule has 7 heteroatoms. The predicted octanol–water partition coefficient (Wildman–Crippen LogP) is 0.783. The molecule has 17 heavy (non-hydrogen) atoms. The predicted molar refractivity (Wildman–Crippen MR) is 60.9 cm³/mol. The summed E-state index contributed by atoms with van der Waals surface area (Å²) < 4.78 is 3.71. The molecule has 1 N–H and O–H groups in total. The molecule has 1 amide bonds. The highest BCUT2D eigenvalue weighted by Gasteiger charge is 2.42. The second-order valence-corrected chi connectivity index (χ2v) is 5.28. The van der Waals surface area contributed by atoms with Gasteiger partial charge in [0, 0.05) is 13.1 Å². The Kier molecular flexibility index (Phi) is 2.86. The summed E-state index contributed by atoms with van der Waals surface area (Å²) in [7, 11) is 0. The van der Waals surface area contributed by atoms with Crippen LogP contribution in [0.3, 0.4) is 0 Å². The smallest absolute Gasteiger partial charge is 0.311 e. The van der Waals surface area contributed by atoms with E-state index in [0.29, 0.717) is 23.5 Å². The number of aliphatic carboxylic acids is 1. The monoisotopic (exact) mass is 255 g/mol. The van der Waals surface area contributed by atoms with Gasteiger partial charge in [0.15, 0.2) is 0 Å². The van der Waals surface area contributed by atoms with E-state index in [0.717, 1.165) is 11.5 Å². The number of carboxylic acids is 1. The van der Waals surface area contributed by atoms with E-state index < -0.39 is 11.4 Å². The zero-order chi connectivity index (χ0) is 12.6. The Morgan fingerprint density at radius 3 is 2.71 bits per heavy atom. The van der Waals surface area contributed by atoms with Crippen molar-refractivity contribution >= 4 is 23.4 Å². The normalized spacial score (nSPS) is 24.0. The number of aromatic nitrogens is 2. The van der Waals surface area contributed by atoms with Crippen LogP contribution in [-0.2, 0) is 4.79 Å². The molecular formula is C10H13N3O3S. The van der Waals surface area contributed by atoms with Crippen LogP contribution in [0.25, 0.3) is 0 Å². The number of rotatable bonds is 2. The van der Waals surface area contributed by atoms with Crippen molar-refractivity contribution in [1.82, 2.24) is 14.5 Å². The van der Waals surface area contributed by atoms with Crippen molar-refractivity contribution in [1.29, 1.82) is 0 Å². The number of nitrogens with zero attached hydrogens (tertiary/aromatic N) is 3. The standard InChI is InChI=1S/C10H13N3O3S/c1-6-7(17-12-11-6)8(14)13-4-3-10(2,5-13)9(15)16/h3-5H2,1-2H3,(H,15,16)/t10-/m1/s1. The van der Waals surface area contributed by atoms with Crippen molar-refractivity contribution in [3.8, 4) is 0 Å². The van der Waals surface area contributed by atoms with Crippen molar-refractivity contribution in [2.45, 2.75) is 20.3 Å². The van der Waals surface area contributed by atoms with E-state index in [1.54, 1.807) is 18.7 Å². The van der Waals surface area contributed by atoms with Gasteiger partial charge in [0.05, 0.1) is 11.1 Å². The Hall–Kier alpha value is -1.50. The van der Waals surface area contributed by atoms with E-state index in [-0.39, 0.29) is 12.5 Å². The molecule has 0 aromatic carbocycles. The fourth-order valence-corrected chi connectivity index (χ4v) is 2.51. The topological polar surface area (TPSA) is 83.4 Å². The molecule has 1 fully saturated rings. The van der Waals surface area contributed by atoms with E-state index in [1.165, 1.54) is 0 Å². The quantitative estimate of drug-likeness (QED) is 0.844. The van der Waals surface area contributed by atoms with Crippen LogP contribution >= 0.6 is 11.5 Å². The number of carbonyl (C=O) groups excluding carboxylic acids is 1. The van der Waals surface area contributed by atoms with Gasteiger partial charge in [-0.15, -0.1) is 5.10 Å². The minimum Gasteiger partial charge on any atom is -0.481 e. The number of carboxylic acid groups (broad SMARTS) is 1. The highest BCUT2D eigenvalue weighted by Crippen LogP contribution is 2.31. The molecule has 0 radical (unpaired) electrons. The third-order valence-corrected chi connectivity index (χ3v) is 3.94. The molecule has 1 aromatic heterocycles. The lowest BCUT2D eigenvalue weighted by Gasteiger charge is -2.19. The fourth-order valence-electron chi connectivity index (χ4n) is 1.88. The molecule has 1 aliphatic heterocycles. The Morgan fingerprint density at radius 1 is 1.53 bits per heavy atom. The molecule has 1 saturated heterocycles. The van der Waals surface area contributed by atoms with E-state index >= 15 is 0 Å². The first kappa shape index (κ1) is 12.0. The van der Waals surface area contributed by atoms with Gasteiger partial charge >= 0.3 is 5.97 Å². The maximum Gasteiger partial charge on any atom is 0.311 e. The summed E-state index contributed by atoms with van der Waals surface area (Å²) in [6.45, 7) is 4.11. The minimum absolute atomic E-state index is 0.164. The Balaban J connectivity index is 2.15. The molecule has 1 aromatic rings. The molecule has 0 spiro atoms. The maximum atomic E-state index is 12.1. The first-order valence-electron chi connectivity index (χ1n) is 5.26. The lowest BCUT2D eigenvalue weighted by molar-refractivity contribution is -0.147. The lowest BCUT2D eigenvalue weighted by Crippen LogP contribution is -2.34. The first-order valence-corrected chi connectivity index (χ1v) is 6.03. The van der Waals surface area contributed by atoms with Gasteiger partial charge in [-0.2, -0.15) is 0 Å². The van der Waals surface area contributed by atoms with E-state index in [2.05, 4.69) is 9.59 Å². The molecular weight excluding hydrogens is 242 g/mol. The van der Waals surface area contributed by atoms with Crippen molar-refractivity contribution < 1.29 is 14.7 Å². The summed E-state index contributed by atoms with van der Waals surface area (Å²) in [5.74, 6) is -1.02. The van der Waals surface area contributed by atoms with Crippen molar-refractivity contribution in [3.05, 3.63) is 10.6 Å². The summed E-state index contributed by atoms with van der Waals surface area (Å²) in [4.78, 5) is 25.3. The zero-order valence-corrected chi connectivity index (χ0v) is 10.5. The SMILES string of the molecule is Cc1nnsc1C(=O)N1CC[C@@](C)(C(=O)O)C1. The highest BCUT2D eigenvalue weighted by molar-refractivity contribution is 7.07. The Morgan fingerprint density at radius 2 is 2.24 bits per heavy atom. The van der Waals surface area contributed by atoms with Crippen LogP contribution in [0.15, 0.2) is 0 Å². The lowest BCUT2D eigenvalue weighted by atomic mass is 9.90. The number of carbonyl (C=O) groups is 2. The van der Waals surface area contributed by atoms with Crippen LogP contribution in [0.1, 0.15) is 28.7 Å². The maximum absolute atomic E-state index is 12.1. The molecule has 2 heterocycles. The third kappa shape index (κ3) is 2.02. The molecule has 1 aliphatic rings. The van der Waals surface area contributed by atoms with Gasteiger partial charge in [-0.3, -0.25) is 9.59 Å². The van der Waals surface area contributed by atoms with Crippen LogP contribution in [-0.4, -0.2) is 44.6 Å². The number of aryl methyl sites for hydroxylation is 1. The van der Waals surface area contributed by atoms with Gasteiger partial charge in [0.25, 0.3) is 5.91 Å². The molecule has 92 valence electrons. The number of likely N-dealkylation sites (tertiary alicyclic amines) is 1. The second kappa shape index (κ2) is 4.06. The minimum atomic E-state index is -0.855. The summed E-state index contributed by atoms with van der Waals surface area (Å²) in [5, 5.41) is 12.9. The summed E-state index contributed by atoms with van der Waals surface area (Å²) in [5.41, 5.74) is -0.231. The van der Waals surface area contributed by atoms with Crippen molar-refractivity contribution in [2.75, 3.05) is 13.1 Å². The summed E-state index contributed by atoms with van der Waals surface area (Å²) in [6, 6.07) is 0. The van der Waals surface area contributed by atoms with Gasteiger partial charge in [-0.1, -0.05) is 4.49 Å². The van der Waals surface area contributed by atoms with Crippen LogP contribution in [0.4, 0.5) is 0 Å². The number of amides is 1. The molecule has 2 rings (SSSR count). The largest absolute Gasteiger partial charge is 0.481 e. The van der Waals surface area contributed by atoms with Gasteiger partial charge in [-0.05, 0) is 31.8 Å². The Labute approximate surface area is 102 Å². The summed E-state index contributed by atoms with van der Waals surface area (Å²) >= 11 is 1.05. The molecule has 0 bridgehead atoms. The van der Waals surface area contributed by atoms with Crippen LogP contribution in [0, 0.1) is 12.3 Å². The van der Waals surface area contributed by atoms with Crippen LogP contribution in [0.2, 0.25) is 0 Å². The average molecular weight is 255 g/mol. The van der Waals surface area contributed by atoms with E-state index in [9.17, 15) is 9.59 Å². The molecule has 0 saturated carbocycles. The van der Waals surface area contributed by atoms with Crippen molar-refractivity contribution in [3.63, 3.8) is 0 Å². The van der Waals surface area contributed by atoms with Crippen LogP contribution < -0.4 is 0 Å². The third-order valence-electron chi connectivity index (χ3n) is 3.12. The summed E-state index contributed by atoms with van der Waals surface area (Å²) in [6.07, 6.45) is 0.485. The molecule has 0 unspecified atom stereocenters. The second-order valence-electron chi connectivity index (χ2n) is 4.53. The number of hydrogen-bond donors (Lipinski definition) is 1. The van der Waals surface area contributed by atoms with Gasteiger partial charge < -0.3 is 10.0 Å².